The van der Waals surface area contributed by atoms with E-state index in [1.807, 2.05) is 41.3 Å². The maximum Gasteiger partial charge on any atom is 0.253 e. The Labute approximate surface area is 217 Å². The van der Waals surface area contributed by atoms with Gasteiger partial charge < -0.3 is 10.2 Å². The minimum Gasteiger partial charge on any atom is -0.338 e. The monoisotopic (exact) mass is 509 g/mol. The molecule has 0 aromatic heterocycles. The zero-order valence-corrected chi connectivity index (χ0v) is 20.9. The molecule has 2 saturated heterocycles. The lowest BCUT2D eigenvalue weighted by Crippen LogP contribution is -2.60. The number of piperidine rings is 1. The molecule has 0 atom stereocenters. The summed E-state index contributed by atoms with van der Waals surface area (Å²) in [5.74, 6) is 0.0216. The van der Waals surface area contributed by atoms with E-state index in [-0.39, 0.29) is 24.2 Å². The van der Waals surface area contributed by atoms with Crippen molar-refractivity contribution in [2.45, 2.75) is 36.9 Å². The predicted octanol–water partition coefficient (Wildman–Crippen LogP) is 4.64. The summed E-state index contributed by atoms with van der Waals surface area (Å²) in [5.41, 5.74) is 1.61. The molecular weight excluding hydrogens is 481 g/mol. The summed E-state index contributed by atoms with van der Waals surface area (Å²) in [6.07, 6.45) is 2.51. The van der Waals surface area contributed by atoms with E-state index in [1.165, 1.54) is 0 Å². The highest BCUT2D eigenvalue weighted by Crippen LogP contribution is 2.33. The third kappa shape index (κ3) is 5.37. The van der Waals surface area contributed by atoms with E-state index in [1.54, 1.807) is 24.3 Å². The number of amides is 2. The topological polar surface area (TPSA) is 61.4 Å². The largest absolute Gasteiger partial charge is 0.338 e. The van der Waals surface area contributed by atoms with Crippen LogP contribution in [-0.4, -0.2) is 41.0 Å². The van der Waals surface area contributed by atoms with Crippen LogP contribution in [0.5, 0.6) is 0 Å². The van der Waals surface area contributed by atoms with Gasteiger partial charge in [0.05, 0.1) is 5.66 Å². The molecule has 2 fully saturated rings. The number of carbonyl (C=O) groups is 2. The van der Waals surface area contributed by atoms with Crippen LogP contribution in [0.3, 0.4) is 0 Å². The third-order valence-corrected chi connectivity index (χ3v) is 7.21. The van der Waals surface area contributed by atoms with Crippen molar-refractivity contribution in [1.29, 1.82) is 0 Å². The number of carbonyl (C=O) groups excluding carboxylic acids is 2. The first kappa shape index (κ1) is 25.2. The molecule has 3 aromatic carbocycles. The summed E-state index contributed by atoms with van der Waals surface area (Å²) in [4.78, 5) is 28.4. The van der Waals surface area contributed by atoms with Crippen molar-refractivity contribution in [3.63, 3.8) is 0 Å². The van der Waals surface area contributed by atoms with Crippen LogP contribution in [0.4, 0.5) is 0 Å². The summed E-state index contributed by atoms with van der Waals surface area (Å²) in [7, 11) is 0. The Morgan fingerprint density at radius 1 is 0.829 bits per heavy atom. The zero-order chi connectivity index (χ0) is 23.6. The van der Waals surface area contributed by atoms with Crippen molar-refractivity contribution in [2.24, 2.45) is 0 Å². The van der Waals surface area contributed by atoms with Gasteiger partial charge in [-0.25, -0.2) is 0 Å². The van der Waals surface area contributed by atoms with Crippen molar-refractivity contribution in [1.82, 2.24) is 15.5 Å². The first-order valence-electron chi connectivity index (χ1n) is 11.7. The molecule has 2 aliphatic heterocycles. The summed E-state index contributed by atoms with van der Waals surface area (Å²) in [6.45, 7) is 1.14. The molecule has 0 bridgehead atoms. The van der Waals surface area contributed by atoms with Gasteiger partial charge in [-0.2, -0.15) is 0 Å². The Bertz CT molecular complexity index is 1120. The maximum absolute atomic E-state index is 13.6. The molecule has 0 unspecified atom stereocenters. The van der Waals surface area contributed by atoms with E-state index in [9.17, 15) is 9.59 Å². The van der Waals surface area contributed by atoms with Gasteiger partial charge in [0.2, 0.25) is 5.91 Å². The molecule has 35 heavy (non-hydrogen) atoms. The van der Waals surface area contributed by atoms with E-state index in [0.29, 0.717) is 49.4 Å². The molecule has 0 saturated carbocycles. The minimum absolute atomic E-state index is 0. The molecule has 5 nitrogen and oxygen atoms in total. The Kier molecular flexibility index (Phi) is 7.50. The van der Waals surface area contributed by atoms with E-state index in [2.05, 4.69) is 34.9 Å². The Morgan fingerprint density at radius 2 is 1.34 bits per heavy atom. The lowest BCUT2D eigenvalue weighted by atomic mass is 9.84. The fourth-order valence-electron chi connectivity index (χ4n) is 5.20. The highest BCUT2D eigenvalue weighted by atomic mass is 35.5. The molecule has 5 rings (SSSR count). The van der Waals surface area contributed by atoms with Gasteiger partial charge in [0, 0.05) is 36.5 Å². The normalized spacial score (nSPS) is 18.1. The molecule has 1 spiro atoms. The van der Waals surface area contributed by atoms with E-state index in [0.717, 1.165) is 11.1 Å². The number of likely N-dealkylation sites (tertiary alicyclic amines) is 1. The summed E-state index contributed by atoms with van der Waals surface area (Å²) in [5, 5.41) is 7.67. The number of hydrogen-bond acceptors (Lipinski definition) is 3. The Hall–Kier alpha value is -2.86. The number of benzene rings is 3. The van der Waals surface area contributed by atoms with E-state index >= 15 is 0 Å². The lowest BCUT2D eigenvalue weighted by molar-refractivity contribution is -0.124. The van der Waals surface area contributed by atoms with Gasteiger partial charge in [-0.05, 0) is 48.2 Å². The number of rotatable bonds is 5. The standard InChI is InChI=1S/C28H28ClN3O2.ClH/c29-24-13-11-23(12-14-24)25(33)32-17-15-28(16-18-32)30-26(34)27(31-28,19-21-7-3-1-4-8-21)20-22-9-5-2-6-10-22;/h1-14,31H,15-20H2,(H,30,34);1H. The molecule has 0 aliphatic carbocycles. The molecule has 2 aliphatic rings. The third-order valence-electron chi connectivity index (χ3n) is 6.96. The molecule has 182 valence electrons. The van der Waals surface area contributed by atoms with E-state index in [4.69, 9.17) is 11.6 Å². The van der Waals surface area contributed by atoms with Gasteiger partial charge in [0.1, 0.15) is 5.54 Å². The van der Waals surface area contributed by atoms with Gasteiger partial charge in [-0.1, -0.05) is 72.3 Å². The zero-order valence-electron chi connectivity index (χ0n) is 19.4. The first-order chi connectivity index (χ1) is 16.5. The van der Waals surface area contributed by atoms with Gasteiger partial charge in [-0.15, -0.1) is 12.4 Å². The Morgan fingerprint density at radius 3 is 1.86 bits per heavy atom. The molecule has 3 aromatic rings. The SMILES string of the molecule is Cl.O=C(c1ccc(Cl)cc1)N1CCC2(CC1)NC(=O)C(Cc1ccccc1)(Cc1ccccc1)N2. The quantitative estimate of drug-likeness (QED) is 0.526. The van der Waals surface area contributed by atoms with Crippen LogP contribution in [0.2, 0.25) is 5.02 Å². The van der Waals surface area contributed by atoms with Crippen LogP contribution in [0.1, 0.15) is 34.3 Å². The molecule has 7 heteroatoms. The van der Waals surface area contributed by atoms with Gasteiger partial charge in [-0.3, -0.25) is 14.9 Å². The number of hydrogen-bond donors (Lipinski definition) is 2. The van der Waals surface area contributed by atoms with E-state index < -0.39 is 11.2 Å². The van der Waals surface area contributed by atoms with Crippen molar-refractivity contribution < 1.29 is 9.59 Å². The molecule has 0 radical (unpaired) electrons. The fraction of sp³-hybridized carbons (Fsp3) is 0.286. The predicted molar refractivity (Wildman–Crippen MR) is 141 cm³/mol. The van der Waals surface area contributed by atoms with Gasteiger partial charge in [0.25, 0.3) is 5.91 Å². The van der Waals surface area contributed by atoms with Crippen molar-refractivity contribution >= 4 is 35.8 Å². The second-order valence-corrected chi connectivity index (χ2v) is 9.80. The number of nitrogens with zero attached hydrogens (tertiary/aromatic N) is 1. The van der Waals surface area contributed by atoms with Crippen LogP contribution in [-0.2, 0) is 17.6 Å². The van der Waals surface area contributed by atoms with Crippen LogP contribution >= 0.6 is 24.0 Å². The number of halogens is 2. The van der Waals surface area contributed by atoms with Gasteiger partial charge in [0.15, 0.2) is 0 Å². The molecular formula is C28H29Cl2N3O2. The van der Waals surface area contributed by atoms with Crippen molar-refractivity contribution in [3.8, 4) is 0 Å². The summed E-state index contributed by atoms with van der Waals surface area (Å²) >= 11 is 5.97. The van der Waals surface area contributed by atoms with Crippen molar-refractivity contribution in [3.05, 3.63) is 107 Å². The average Bonchev–Trinajstić information content (AvgIpc) is 3.11. The fourth-order valence-corrected chi connectivity index (χ4v) is 5.33. The minimum atomic E-state index is -0.745. The molecule has 2 N–H and O–H groups in total. The van der Waals surface area contributed by atoms with Crippen LogP contribution in [0.25, 0.3) is 0 Å². The smallest absolute Gasteiger partial charge is 0.253 e. The summed E-state index contributed by atoms with van der Waals surface area (Å²) < 4.78 is 0. The molecule has 2 heterocycles. The van der Waals surface area contributed by atoms with Crippen molar-refractivity contribution in [2.75, 3.05) is 13.1 Å². The highest BCUT2D eigenvalue weighted by Gasteiger charge is 2.54. The summed E-state index contributed by atoms with van der Waals surface area (Å²) in [6, 6.07) is 27.3. The van der Waals surface area contributed by atoms with Gasteiger partial charge >= 0.3 is 0 Å². The first-order valence-corrected chi connectivity index (χ1v) is 12.1. The lowest BCUT2D eigenvalue weighted by Gasteiger charge is -2.41. The average molecular weight is 510 g/mol. The Balaban J connectivity index is 0.00000289. The highest BCUT2D eigenvalue weighted by molar-refractivity contribution is 6.30. The van der Waals surface area contributed by atoms with Crippen LogP contribution in [0.15, 0.2) is 84.9 Å². The van der Waals surface area contributed by atoms with Crippen LogP contribution < -0.4 is 10.6 Å². The van der Waals surface area contributed by atoms with Crippen LogP contribution in [0, 0.1) is 0 Å². The maximum atomic E-state index is 13.6. The second kappa shape index (κ2) is 10.4. The molecule has 2 amide bonds. The number of nitrogens with one attached hydrogen (secondary N) is 2. The second-order valence-electron chi connectivity index (χ2n) is 9.37.